The van der Waals surface area contributed by atoms with Gasteiger partial charge in [0, 0.05) is 19.3 Å². The van der Waals surface area contributed by atoms with Crippen LogP contribution >= 0.6 is 0 Å². The minimum Gasteiger partial charge on any atom is -0.355 e. The number of benzene rings is 1. The van der Waals surface area contributed by atoms with Gasteiger partial charge in [0.1, 0.15) is 19.5 Å². The average molecular weight is 355 g/mol. The van der Waals surface area contributed by atoms with Crippen molar-refractivity contribution in [1.82, 2.24) is 14.5 Å². The van der Waals surface area contributed by atoms with Crippen molar-refractivity contribution in [2.75, 3.05) is 18.0 Å². The van der Waals surface area contributed by atoms with Crippen LogP contribution in [-0.2, 0) is 0 Å². The molecule has 1 unspecified atom stereocenters. The summed E-state index contributed by atoms with van der Waals surface area (Å²) in [6, 6.07) is 6.38. The van der Waals surface area contributed by atoms with E-state index in [-0.39, 0.29) is 5.92 Å². The lowest BCUT2D eigenvalue weighted by Gasteiger charge is -2.19. The van der Waals surface area contributed by atoms with Gasteiger partial charge in [0.2, 0.25) is 0 Å². The molecule has 0 saturated carbocycles. The van der Waals surface area contributed by atoms with E-state index in [1.54, 1.807) is 0 Å². The lowest BCUT2D eigenvalue weighted by molar-refractivity contribution is 0.754. The van der Waals surface area contributed by atoms with Crippen molar-refractivity contribution in [1.29, 1.82) is 5.26 Å². The molecule has 2 radical (unpaired) electrons. The predicted octanol–water partition coefficient (Wildman–Crippen LogP) is 2.80. The molecule has 0 aliphatic carbocycles. The smallest absolute Gasteiger partial charge is 0.150 e. The lowest BCUT2D eigenvalue weighted by Crippen LogP contribution is -2.21. The molecule has 1 aliphatic heterocycles. The molecule has 0 spiro atoms. The van der Waals surface area contributed by atoms with Crippen molar-refractivity contribution in [3.8, 4) is 11.8 Å². The third-order valence-corrected chi connectivity index (χ3v) is 5.35. The molecule has 4 rings (SSSR count). The van der Waals surface area contributed by atoms with Gasteiger partial charge >= 0.3 is 0 Å². The van der Waals surface area contributed by atoms with Crippen molar-refractivity contribution in [2.45, 2.75) is 34.1 Å². The van der Waals surface area contributed by atoms with E-state index in [2.05, 4.69) is 42.5 Å². The summed E-state index contributed by atoms with van der Waals surface area (Å²) in [5.41, 5.74) is 6.17. The molecule has 1 aliphatic rings. The van der Waals surface area contributed by atoms with Crippen LogP contribution in [0.3, 0.4) is 0 Å². The highest BCUT2D eigenvalue weighted by Crippen LogP contribution is 2.34. The van der Waals surface area contributed by atoms with Gasteiger partial charge in [-0.15, -0.1) is 0 Å². The highest BCUT2D eigenvalue weighted by Gasteiger charge is 2.27. The summed E-state index contributed by atoms with van der Waals surface area (Å²) in [5.74, 6) is 1.75. The van der Waals surface area contributed by atoms with Crippen molar-refractivity contribution >= 4 is 30.2 Å². The van der Waals surface area contributed by atoms with Crippen LogP contribution in [0.5, 0.6) is 0 Å². The summed E-state index contributed by atoms with van der Waals surface area (Å²) in [4.78, 5) is 11.8. The van der Waals surface area contributed by atoms with Gasteiger partial charge in [-0.2, -0.15) is 5.26 Å². The zero-order valence-electron chi connectivity index (χ0n) is 16.2. The highest BCUT2D eigenvalue weighted by molar-refractivity contribution is 6.32. The number of rotatable bonds is 2. The number of hydrogen-bond donors (Lipinski definition) is 0. The van der Waals surface area contributed by atoms with E-state index >= 15 is 0 Å². The Hall–Kier alpha value is -2.81. The molecule has 5 nitrogen and oxygen atoms in total. The number of nitriles is 1. The normalized spacial score (nSPS) is 16.9. The number of nitrogens with zero attached hydrogens (tertiary/aromatic N) is 5. The Morgan fingerprint density at radius 2 is 1.81 bits per heavy atom. The molecule has 27 heavy (non-hydrogen) atoms. The van der Waals surface area contributed by atoms with Gasteiger partial charge in [0.15, 0.2) is 5.65 Å². The molecule has 134 valence electrons. The SMILES string of the molecule is [B]c1cc(C)c(-n2cc(C)c3c(N4CCC(C#N)C4)nc(C)nc32)c(C)c1. The number of fused-ring (bicyclic) bond motifs is 1. The van der Waals surface area contributed by atoms with Gasteiger partial charge in [0.25, 0.3) is 0 Å². The van der Waals surface area contributed by atoms with Crippen molar-refractivity contribution in [3.63, 3.8) is 0 Å². The first kappa shape index (κ1) is 17.6. The fourth-order valence-corrected chi connectivity index (χ4v) is 4.22. The lowest BCUT2D eigenvalue weighted by atomic mass is 9.91. The molecular formula is C21H22BN5. The van der Waals surface area contributed by atoms with Crippen molar-refractivity contribution in [2.24, 2.45) is 5.92 Å². The van der Waals surface area contributed by atoms with Crippen LogP contribution in [0.4, 0.5) is 5.82 Å². The minimum absolute atomic E-state index is 0.0688. The molecule has 2 aromatic heterocycles. The molecule has 0 bridgehead atoms. The Balaban J connectivity index is 1.95. The number of aromatic nitrogens is 3. The first-order valence-electron chi connectivity index (χ1n) is 9.27. The molecule has 0 amide bonds. The number of hydrogen-bond acceptors (Lipinski definition) is 4. The maximum atomic E-state index is 9.27. The molecule has 6 heteroatoms. The molecular weight excluding hydrogens is 333 g/mol. The first-order valence-corrected chi connectivity index (χ1v) is 9.27. The maximum absolute atomic E-state index is 9.27. The van der Waals surface area contributed by atoms with E-state index < -0.39 is 0 Å². The summed E-state index contributed by atoms with van der Waals surface area (Å²) in [6.45, 7) is 9.76. The van der Waals surface area contributed by atoms with E-state index in [1.807, 2.05) is 19.1 Å². The Labute approximate surface area is 161 Å². The second-order valence-electron chi connectivity index (χ2n) is 7.54. The summed E-state index contributed by atoms with van der Waals surface area (Å²) < 4.78 is 2.16. The van der Waals surface area contributed by atoms with Crippen molar-refractivity contribution in [3.05, 3.63) is 40.8 Å². The zero-order chi connectivity index (χ0) is 19.3. The van der Waals surface area contributed by atoms with E-state index in [1.165, 1.54) is 0 Å². The highest BCUT2D eigenvalue weighted by atomic mass is 15.2. The standard InChI is InChI=1S/C21H22BN5/c1-12-7-17(22)8-13(2)19(12)27-10-14(3)18-20(24-15(4)25-21(18)27)26-6-5-16(9-23)11-26/h7-8,10,16H,5-6,11H2,1-4H3. The van der Waals surface area contributed by atoms with Gasteiger partial charge in [-0.1, -0.05) is 17.6 Å². The van der Waals surface area contributed by atoms with Crippen LogP contribution in [0.2, 0.25) is 0 Å². The van der Waals surface area contributed by atoms with Gasteiger partial charge in [-0.3, -0.25) is 0 Å². The van der Waals surface area contributed by atoms with Crippen LogP contribution in [0.1, 0.15) is 28.9 Å². The summed E-state index contributed by atoms with van der Waals surface area (Å²) in [6.07, 6.45) is 3.02. The molecule has 1 fully saturated rings. The molecule has 1 atom stereocenters. The van der Waals surface area contributed by atoms with Crippen molar-refractivity contribution < 1.29 is 0 Å². The fraction of sp³-hybridized carbons (Fsp3) is 0.381. The van der Waals surface area contributed by atoms with Gasteiger partial charge < -0.3 is 9.47 Å². The topological polar surface area (TPSA) is 57.7 Å². The number of aryl methyl sites for hydroxylation is 4. The quantitative estimate of drug-likeness (QED) is 0.664. The van der Waals surface area contributed by atoms with E-state index in [0.29, 0.717) is 0 Å². The molecule has 1 aromatic carbocycles. The Kier molecular flexibility index (Phi) is 4.18. The second kappa shape index (κ2) is 6.42. The average Bonchev–Trinajstić information content (AvgIpc) is 3.19. The minimum atomic E-state index is 0.0688. The van der Waals surface area contributed by atoms with Gasteiger partial charge in [-0.25, -0.2) is 9.97 Å². The molecule has 3 aromatic rings. The fourth-order valence-electron chi connectivity index (χ4n) is 4.22. The number of anilines is 1. The van der Waals surface area contributed by atoms with Crippen LogP contribution in [0, 0.1) is 44.9 Å². The second-order valence-corrected chi connectivity index (χ2v) is 7.54. The monoisotopic (exact) mass is 355 g/mol. The third-order valence-electron chi connectivity index (χ3n) is 5.35. The largest absolute Gasteiger partial charge is 0.355 e. The van der Waals surface area contributed by atoms with E-state index in [0.717, 1.165) is 70.0 Å². The Morgan fingerprint density at radius 3 is 2.44 bits per heavy atom. The predicted molar refractivity (Wildman–Crippen MR) is 109 cm³/mol. The third kappa shape index (κ3) is 2.88. The summed E-state index contributed by atoms with van der Waals surface area (Å²) in [5, 5.41) is 10.3. The van der Waals surface area contributed by atoms with Crippen LogP contribution < -0.4 is 10.4 Å². The summed E-state index contributed by atoms with van der Waals surface area (Å²) in [7, 11) is 6.01. The molecule has 1 saturated heterocycles. The van der Waals surface area contributed by atoms with E-state index in [4.69, 9.17) is 17.8 Å². The molecule has 0 N–H and O–H groups in total. The Morgan fingerprint density at radius 1 is 1.11 bits per heavy atom. The maximum Gasteiger partial charge on any atom is 0.150 e. The zero-order valence-corrected chi connectivity index (χ0v) is 16.2. The van der Waals surface area contributed by atoms with E-state index in [9.17, 15) is 5.26 Å². The Bertz CT molecular complexity index is 1070. The summed E-state index contributed by atoms with van der Waals surface area (Å²) >= 11 is 0. The first-order chi connectivity index (χ1) is 12.9. The van der Waals surface area contributed by atoms with Crippen LogP contribution in [0.25, 0.3) is 16.7 Å². The van der Waals surface area contributed by atoms with Gasteiger partial charge in [-0.05, 0) is 50.8 Å². The molecule has 3 heterocycles. The van der Waals surface area contributed by atoms with Crippen LogP contribution in [-0.4, -0.2) is 35.5 Å². The van der Waals surface area contributed by atoms with Gasteiger partial charge in [0.05, 0.1) is 23.1 Å². The van der Waals surface area contributed by atoms with Crippen LogP contribution in [0.15, 0.2) is 18.3 Å².